The van der Waals surface area contributed by atoms with E-state index in [0.29, 0.717) is 11.3 Å². The van der Waals surface area contributed by atoms with E-state index in [-0.39, 0.29) is 12.3 Å². The van der Waals surface area contributed by atoms with E-state index in [1.807, 2.05) is 0 Å². The third kappa shape index (κ3) is 4.12. The molecule has 0 aliphatic carbocycles. The summed E-state index contributed by atoms with van der Waals surface area (Å²) in [6, 6.07) is 7.45. The Hall–Kier alpha value is -1.76. The lowest BCUT2D eigenvalue weighted by atomic mass is 10.2. The van der Waals surface area contributed by atoms with Gasteiger partial charge in [-0.25, -0.2) is 4.98 Å². The van der Waals surface area contributed by atoms with Crippen molar-refractivity contribution in [2.75, 3.05) is 5.32 Å². The van der Waals surface area contributed by atoms with Crippen molar-refractivity contribution in [1.82, 2.24) is 4.98 Å². The van der Waals surface area contributed by atoms with E-state index < -0.39 is 12.6 Å². The first-order chi connectivity index (χ1) is 9.54. The fraction of sp³-hybridized carbons (Fsp3) is 0.154. The lowest BCUT2D eigenvalue weighted by Crippen LogP contribution is -2.07. The Kier molecular flexibility index (Phi) is 4.84. The summed E-state index contributed by atoms with van der Waals surface area (Å²) in [7, 11) is 0. The largest absolute Gasteiger partial charge is 0.434 e. The lowest BCUT2D eigenvalue weighted by Gasteiger charge is -2.12. The Labute approximate surface area is 121 Å². The molecular formula is C13H10BrF3N2O. The molecule has 0 fully saturated rings. The molecule has 0 saturated carbocycles. The number of ether oxygens (including phenoxy) is 1. The van der Waals surface area contributed by atoms with Gasteiger partial charge in [0.25, 0.3) is 0 Å². The molecule has 1 aromatic carbocycles. The first kappa shape index (κ1) is 14.6. The maximum Gasteiger partial charge on any atom is 0.387 e. The van der Waals surface area contributed by atoms with Gasteiger partial charge >= 0.3 is 6.61 Å². The summed E-state index contributed by atoms with van der Waals surface area (Å²) < 4.78 is 42.4. The number of benzene rings is 1. The summed E-state index contributed by atoms with van der Waals surface area (Å²) in [5.41, 5.74) is 1.12. The van der Waals surface area contributed by atoms with Crippen LogP contribution < -0.4 is 10.1 Å². The molecule has 2 aromatic rings. The highest BCUT2D eigenvalue weighted by atomic mass is 79.9. The number of aromatic nitrogens is 1. The standard InChI is InChI=1S/C13H10BrF3N2O/c14-9-1-3-11(20-13(16)17)8(5-9)6-18-10-2-4-12(15)19-7-10/h1-5,7,13,18H,6H2. The van der Waals surface area contributed by atoms with Crippen LogP contribution in [0.2, 0.25) is 0 Å². The van der Waals surface area contributed by atoms with Crippen LogP contribution in [0.15, 0.2) is 41.0 Å². The number of pyridine rings is 1. The van der Waals surface area contributed by atoms with Gasteiger partial charge in [0, 0.05) is 16.6 Å². The monoisotopic (exact) mass is 346 g/mol. The molecule has 106 valence electrons. The number of halogens is 4. The first-order valence-electron chi connectivity index (χ1n) is 5.63. The van der Waals surface area contributed by atoms with Gasteiger partial charge < -0.3 is 10.1 Å². The second-order valence-electron chi connectivity index (χ2n) is 3.85. The zero-order valence-corrected chi connectivity index (χ0v) is 11.7. The van der Waals surface area contributed by atoms with E-state index in [0.717, 1.165) is 4.47 Å². The minimum atomic E-state index is -2.89. The predicted molar refractivity (Wildman–Crippen MR) is 72.3 cm³/mol. The molecule has 0 unspecified atom stereocenters. The van der Waals surface area contributed by atoms with Crippen molar-refractivity contribution in [3.8, 4) is 5.75 Å². The second kappa shape index (κ2) is 6.60. The molecule has 0 aliphatic rings. The molecule has 0 bridgehead atoms. The summed E-state index contributed by atoms with van der Waals surface area (Å²) in [5, 5.41) is 2.95. The molecule has 1 N–H and O–H groups in total. The van der Waals surface area contributed by atoms with Gasteiger partial charge in [-0.3, -0.25) is 0 Å². The average molecular weight is 347 g/mol. The predicted octanol–water partition coefficient (Wildman–Crippen LogP) is 4.20. The number of anilines is 1. The van der Waals surface area contributed by atoms with Crippen LogP contribution in [0.4, 0.5) is 18.9 Å². The van der Waals surface area contributed by atoms with E-state index >= 15 is 0 Å². The molecule has 3 nitrogen and oxygen atoms in total. The number of nitrogens with one attached hydrogen (secondary N) is 1. The molecule has 0 aliphatic heterocycles. The van der Waals surface area contributed by atoms with Crippen LogP contribution in [-0.2, 0) is 6.54 Å². The van der Waals surface area contributed by atoms with Crippen molar-refractivity contribution in [3.63, 3.8) is 0 Å². The summed E-state index contributed by atoms with van der Waals surface area (Å²) >= 11 is 3.27. The normalized spacial score (nSPS) is 10.7. The molecule has 7 heteroatoms. The van der Waals surface area contributed by atoms with Crippen molar-refractivity contribution in [2.24, 2.45) is 0 Å². The highest BCUT2D eigenvalue weighted by Crippen LogP contribution is 2.25. The fourth-order valence-corrected chi connectivity index (χ4v) is 1.98. The minimum Gasteiger partial charge on any atom is -0.434 e. The van der Waals surface area contributed by atoms with Crippen molar-refractivity contribution in [3.05, 3.63) is 52.5 Å². The Morgan fingerprint density at radius 2 is 2.05 bits per heavy atom. The van der Waals surface area contributed by atoms with Crippen molar-refractivity contribution in [1.29, 1.82) is 0 Å². The Morgan fingerprint density at radius 1 is 1.25 bits per heavy atom. The van der Waals surface area contributed by atoms with Crippen molar-refractivity contribution in [2.45, 2.75) is 13.2 Å². The quantitative estimate of drug-likeness (QED) is 0.824. The minimum absolute atomic E-state index is 0.0887. The Bertz CT molecular complexity index is 578. The van der Waals surface area contributed by atoms with Crippen molar-refractivity contribution < 1.29 is 17.9 Å². The number of hydrogen-bond acceptors (Lipinski definition) is 3. The van der Waals surface area contributed by atoms with Gasteiger partial charge in [0.1, 0.15) is 5.75 Å². The second-order valence-corrected chi connectivity index (χ2v) is 4.77. The summed E-state index contributed by atoms with van der Waals surface area (Å²) in [5.74, 6) is -0.495. The molecular weight excluding hydrogens is 337 g/mol. The van der Waals surface area contributed by atoms with Gasteiger partial charge in [-0.1, -0.05) is 15.9 Å². The van der Waals surface area contributed by atoms with Gasteiger partial charge in [-0.2, -0.15) is 13.2 Å². The highest BCUT2D eigenvalue weighted by molar-refractivity contribution is 9.10. The smallest absolute Gasteiger partial charge is 0.387 e. The summed E-state index contributed by atoms with van der Waals surface area (Å²) in [6.45, 7) is -2.64. The van der Waals surface area contributed by atoms with E-state index in [1.54, 1.807) is 12.1 Å². The van der Waals surface area contributed by atoms with Crippen LogP contribution >= 0.6 is 15.9 Å². The lowest BCUT2D eigenvalue weighted by molar-refractivity contribution is -0.0504. The van der Waals surface area contributed by atoms with Gasteiger partial charge in [0.15, 0.2) is 0 Å². The van der Waals surface area contributed by atoms with E-state index in [9.17, 15) is 13.2 Å². The first-order valence-corrected chi connectivity index (χ1v) is 6.42. The van der Waals surface area contributed by atoms with Crippen LogP contribution in [0.1, 0.15) is 5.56 Å². The Morgan fingerprint density at radius 3 is 2.70 bits per heavy atom. The van der Waals surface area contributed by atoms with Gasteiger partial charge in [-0.15, -0.1) is 0 Å². The van der Waals surface area contributed by atoms with Crippen LogP contribution in [0.25, 0.3) is 0 Å². The maximum atomic E-state index is 12.7. The van der Waals surface area contributed by atoms with E-state index in [1.165, 1.54) is 24.4 Å². The molecule has 1 aromatic heterocycles. The zero-order chi connectivity index (χ0) is 14.5. The fourth-order valence-electron chi connectivity index (χ4n) is 1.57. The molecule has 0 spiro atoms. The average Bonchev–Trinajstić information content (AvgIpc) is 2.40. The third-order valence-corrected chi connectivity index (χ3v) is 2.94. The third-order valence-electron chi connectivity index (χ3n) is 2.45. The molecule has 0 radical (unpaired) electrons. The number of alkyl halides is 2. The SMILES string of the molecule is Fc1ccc(NCc2cc(Br)ccc2OC(F)F)cn1. The number of rotatable bonds is 5. The molecule has 20 heavy (non-hydrogen) atoms. The van der Waals surface area contributed by atoms with Crippen LogP contribution in [0.5, 0.6) is 5.75 Å². The zero-order valence-electron chi connectivity index (χ0n) is 10.1. The highest BCUT2D eigenvalue weighted by Gasteiger charge is 2.10. The molecule has 2 rings (SSSR count). The van der Waals surface area contributed by atoms with Gasteiger partial charge in [-0.05, 0) is 30.3 Å². The van der Waals surface area contributed by atoms with E-state index in [4.69, 9.17) is 0 Å². The molecule has 0 saturated heterocycles. The van der Waals surface area contributed by atoms with Gasteiger partial charge in [0.2, 0.25) is 5.95 Å². The molecule has 0 amide bonds. The topological polar surface area (TPSA) is 34.1 Å². The Balaban J connectivity index is 2.11. The molecule has 0 atom stereocenters. The van der Waals surface area contributed by atoms with Crippen molar-refractivity contribution >= 4 is 21.6 Å². The molecule has 1 heterocycles. The number of nitrogens with zero attached hydrogens (tertiary/aromatic N) is 1. The summed E-state index contributed by atoms with van der Waals surface area (Å²) in [4.78, 5) is 3.49. The van der Waals surface area contributed by atoms with Crippen LogP contribution in [0, 0.1) is 5.95 Å². The van der Waals surface area contributed by atoms with Crippen LogP contribution in [0.3, 0.4) is 0 Å². The van der Waals surface area contributed by atoms with Gasteiger partial charge in [0.05, 0.1) is 11.9 Å². The maximum absolute atomic E-state index is 12.7. The summed E-state index contributed by atoms with van der Waals surface area (Å²) in [6.07, 6.45) is 1.32. The van der Waals surface area contributed by atoms with Crippen LogP contribution in [-0.4, -0.2) is 11.6 Å². The van der Waals surface area contributed by atoms with E-state index in [2.05, 4.69) is 31.0 Å². The number of hydrogen-bond donors (Lipinski definition) is 1.